The predicted octanol–water partition coefficient (Wildman–Crippen LogP) is 5.01. The maximum Gasteiger partial charge on any atom is 0.244 e. The number of carbonyl (C=O) groups is 2. The lowest BCUT2D eigenvalue weighted by atomic mass is 10.1. The molecule has 2 aromatic carbocycles. The largest absolute Gasteiger partial charge is 0.354 e. The Balaban J connectivity index is 2.46. The van der Waals surface area contributed by atoms with Crippen LogP contribution in [-0.2, 0) is 26.2 Å². The first kappa shape index (κ1) is 28.5. The van der Waals surface area contributed by atoms with Gasteiger partial charge in [-0.15, -0.1) is 0 Å². The molecule has 0 spiro atoms. The first-order valence-corrected chi connectivity index (χ1v) is 13.7. The maximum atomic E-state index is 13.5. The third-order valence-corrected chi connectivity index (χ3v) is 7.34. The number of sulfonamides is 1. The molecular formula is C22H25Cl4N3O4S. The Labute approximate surface area is 220 Å². The van der Waals surface area contributed by atoms with Crippen molar-refractivity contribution in [3.8, 4) is 0 Å². The van der Waals surface area contributed by atoms with Crippen LogP contribution < -0.4 is 9.62 Å². The van der Waals surface area contributed by atoms with Crippen molar-refractivity contribution in [2.24, 2.45) is 0 Å². The van der Waals surface area contributed by atoms with E-state index in [2.05, 4.69) is 5.32 Å². The molecule has 7 nitrogen and oxygen atoms in total. The van der Waals surface area contributed by atoms with E-state index in [-0.39, 0.29) is 17.3 Å². The van der Waals surface area contributed by atoms with Crippen LogP contribution in [0.25, 0.3) is 0 Å². The number of nitrogens with one attached hydrogen (secondary N) is 1. The van der Waals surface area contributed by atoms with Crippen LogP contribution in [0.3, 0.4) is 0 Å². The molecule has 1 atom stereocenters. The molecule has 186 valence electrons. The molecule has 0 aliphatic carbocycles. The summed E-state index contributed by atoms with van der Waals surface area (Å²) in [5.74, 6) is -1.04. The van der Waals surface area contributed by atoms with Gasteiger partial charge in [0.25, 0.3) is 0 Å². The highest BCUT2D eigenvalue weighted by Crippen LogP contribution is 2.31. The van der Waals surface area contributed by atoms with Crippen molar-refractivity contribution in [3.63, 3.8) is 0 Å². The van der Waals surface area contributed by atoms with Crippen LogP contribution in [0.2, 0.25) is 20.1 Å². The minimum Gasteiger partial charge on any atom is -0.354 e. The molecule has 12 heteroatoms. The van der Waals surface area contributed by atoms with Crippen molar-refractivity contribution in [3.05, 3.63) is 62.1 Å². The van der Waals surface area contributed by atoms with Crippen molar-refractivity contribution in [1.82, 2.24) is 10.2 Å². The highest BCUT2D eigenvalue weighted by Gasteiger charge is 2.31. The molecule has 0 aliphatic rings. The lowest BCUT2D eigenvalue weighted by Crippen LogP contribution is -2.51. The van der Waals surface area contributed by atoms with Crippen molar-refractivity contribution in [2.45, 2.75) is 32.9 Å². The van der Waals surface area contributed by atoms with E-state index < -0.39 is 34.4 Å². The summed E-state index contributed by atoms with van der Waals surface area (Å²) in [5.41, 5.74) is 0.519. The molecule has 1 unspecified atom stereocenters. The van der Waals surface area contributed by atoms with Crippen LogP contribution in [-0.4, -0.2) is 50.5 Å². The van der Waals surface area contributed by atoms with E-state index in [1.807, 2.05) is 6.92 Å². The van der Waals surface area contributed by atoms with E-state index in [1.165, 1.54) is 23.1 Å². The second-order valence-electron chi connectivity index (χ2n) is 7.55. The molecule has 0 saturated carbocycles. The fourth-order valence-corrected chi connectivity index (χ4v) is 5.05. The molecular weight excluding hydrogens is 544 g/mol. The van der Waals surface area contributed by atoms with Crippen molar-refractivity contribution in [2.75, 3.05) is 23.7 Å². The monoisotopic (exact) mass is 567 g/mol. The predicted molar refractivity (Wildman–Crippen MR) is 138 cm³/mol. The molecule has 0 radical (unpaired) electrons. The number of nitrogens with zero attached hydrogens (tertiary/aromatic N) is 2. The van der Waals surface area contributed by atoms with Gasteiger partial charge in [-0.2, -0.15) is 0 Å². The molecule has 2 amide bonds. The van der Waals surface area contributed by atoms with Crippen LogP contribution in [0.1, 0.15) is 25.8 Å². The normalized spacial score (nSPS) is 12.2. The Hall–Kier alpha value is -1.71. The maximum absolute atomic E-state index is 13.5. The Morgan fingerprint density at radius 3 is 2.18 bits per heavy atom. The lowest BCUT2D eigenvalue weighted by Gasteiger charge is -2.32. The average molecular weight is 569 g/mol. The standard InChI is InChI=1S/C22H25Cl4N3O4S/c1-4-10-27-22(31)14(2)28(12-16-17(24)6-5-7-18(16)25)21(30)13-29(34(3,32)33)20-9-8-15(23)11-19(20)26/h5-9,11,14H,4,10,12-13H2,1-3H3,(H,27,31). The van der Waals surface area contributed by atoms with Crippen molar-refractivity contribution < 1.29 is 18.0 Å². The molecule has 0 bridgehead atoms. The summed E-state index contributed by atoms with van der Waals surface area (Å²) in [6.45, 7) is 3.16. The van der Waals surface area contributed by atoms with Gasteiger partial charge in [0.05, 0.1) is 17.0 Å². The third-order valence-electron chi connectivity index (χ3n) is 4.96. The van der Waals surface area contributed by atoms with Gasteiger partial charge in [-0.25, -0.2) is 8.42 Å². The Kier molecular flexibility index (Phi) is 10.3. The number of benzene rings is 2. The van der Waals surface area contributed by atoms with Crippen LogP contribution >= 0.6 is 46.4 Å². The van der Waals surface area contributed by atoms with E-state index in [1.54, 1.807) is 25.1 Å². The van der Waals surface area contributed by atoms with Gasteiger partial charge >= 0.3 is 0 Å². The SMILES string of the molecule is CCCNC(=O)C(C)N(Cc1c(Cl)cccc1Cl)C(=O)CN(c1ccc(Cl)cc1Cl)S(C)(=O)=O. The van der Waals surface area contributed by atoms with E-state index >= 15 is 0 Å². The molecule has 0 fully saturated rings. The number of hydrogen-bond acceptors (Lipinski definition) is 4. The number of halogens is 4. The first-order chi connectivity index (χ1) is 15.9. The minimum absolute atomic E-state index is 0.0557. The third kappa shape index (κ3) is 7.39. The van der Waals surface area contributed by atoms with Crippen molar-refractivity contribution >= 4 is 73.9 Å². The van der Waals surface area contributed by atoms with Gasteiger partial charge in [0.1, 0.15) is 12.6 Å². The Bertz CT molecular complexity index is 1140. The van der Waals surface area contributed by atoms with Gasteiger partial charge in [-0.05, 0) is 43.7 Å². The summed E-state index contributed by atoms with van der Waals surface area (Å²) in [5, 5.41) is 3.74. The van der Waals surface area contributed by atoms with Crippen LogP contribution in [0, 0.1) is 0 Å². The first-order valence-electron chi connectivity index (χ1n) is 10.3. The average Bonchev–Trinajstić information content (AvgIpc) is 2.74. The number of rotatable bonds is 10. The zero-order valence-electron chi connectivity index (χ0n) is 18.8. The van der Waals surface area contributed by atoms with Crippen LogP contribution in [0.15, 0.2) is 36.4 Å². The molecule has 0 aliphatic heterocycles. The van der Waals surface area contributed by atoms with Gasteiger partial charge in [0.15, 0.2) is 0 Å². The summed E-state index contributed by atoms with van der Waals surface area (Å²) in [6.07, 6.45) is 1.66. The molecule has 2 aromatic rings. The van der Waals surface area contributed by atoms with E-state index in [0.29, 0.717) is 33.6 Å². The van der Waals surface area contributed by atoms with E-state index in [4.69, 9.17) is 46.4 Å². The molecule has 2 rings (SSSR count). The molecule has 0 heterocycles. The van der Waals surface area contributed by atoms with Crippen LogP contribution in [0.5, 0.6) is 0 Å². The zero-order valence-corrected chi connectivity index (χ0v) is 22.7. The lowest BCUT2D eigenvalue weighted by molar-refractivity contribution is -0.139. The summed E-state index contributed by atoms with van der Waals surface area (Å²) >= 11 is 24.7. The second kappa shape index (κ2) is 12.3. The summed E-state index contributed by atoms with van der Waals surface area (Å²) in [6, 6.07) is 8.20. The second-order valence-corrected chi connectivity index (χ2v) is 11.1. The van der Waals surface area contributed by atoms with Crippen LogP contribution in [0.4, 0.5) is 5.69 Å². The molecule has 34 heavy (non-hydrogen) atoms. The number of carbonyl (C=O) groups excluding carboxylic acids is 2. The quantitative estimate of drug-likeness (QED) is 0.436. The molecule has 0 aromatic heterocycles. The summed E-state index contributed by atoms with van der Waals surface area (Å²) in [7, 11) is -3.93. The molecule has 1 N–H and O–H groups in total. The fraction of sp³-hybridized carbons (Fsp3) is 0.364. The summed E-state index contributed by atoms with van der Waals surface area (Å²) in [4.78, 5) is 27.4. The van der Waals surface area contributed by atoms with Gasteiger partial charge in [-0.3, -0.25) is 13.9 Å². The summed E-state index contributed by atoms with van der Waals surface area (Å²) < 4.78 is 26.0. The van der Waals surface area contributed by atoms with E-state index in [9.17, 15) is 18.0 Å². The van der Waals surface area contributed by atoms with Gasteiger partial charge < -0.3 is 10.2 Å². The highest BCUT2D eigenvalue weighted by molar-refractivity contribution is 7.92. The van der Waals surface area contributed by atoms with Gasteiger partial charge in [0, 0.05) is 33.7 Å². The Morgan fingerprint density at radius 2 is 1.65 bits per heavy atom. The smallest absolute Gasteiger partial charge is 0.244 e. The highest BCUT2D eigenvalue weighted by atomic mass is 35.5. The topological polar surface area (TPSA) is 86.8 Å². The Morgan fingerprint density at radius 1 is 1.03 bits per heavy atom. The van der Waals surface area contributed by atoms with Gasteiger partial charge in [-0.1, -0.05) is 59.4 Å². The minimum atomic E-state index is -3.93. The number of amides is 2. The number of anilines is 1. The van der Waals surface area contributed by atoms with E-state index in [0.717, 1.165) is 10.6 Å². The molecule has 0 saturated heterocycles. The fourth-order valence-electron chi connectivity index (χ4n) is 3.11. The van der Waals surface area contributed by atoms with Gasteiger partial charge in [0.2, 0.25) is 21.8 Å². The zero-order chi connectivity index (χ0) is 25.6. The van der Waals surface area contributed by atoms with Crippen molar-refractivity contribution in [1.29, 1.82) is 0 Å². The number of hydrogen-bond donors (Lipinski definition) is 1.